The molecule has 2 aromatic heterocycles. The van der Waals surface area contributed by atoms with Gasteiger partial charge in [-0.2, -0.15) is 4.31 Å². The number of nitrogens with zero attached hydrogens (tertiary/aromatic N) is 3. The van der Waals surface area contributed by atoms with E-state index in [1.54, 1.807) is 23.1 Å². The van der Waals surface area contributed by atoms with E-state index in [0.29, 0.717) is 28.0 Å². The maximum absolute atomic E-state index is 13.7. The van der Waals surface area contributed by atoms with Crippen molar-refractivity contribution in [1.82, 2.24) is 35.1 Å². The number of alkyl carbamates (subject to hydrolysis) is 1. The van der Waals surface area contributed by atoms with Gasteiger partial charge in [-0.3, -0.25) is 20.3 Å². The molecule has 1 saturated heterocycles. The van der Waals surface area contributed by atoms with E-state index in [1.165, 1.54) is 35.9 Å². The van der Waals surface area contributed by atoms with Crippen molar-refractivity contribution in [3.8, 4) is 0 Å². The van der Waals surface area contributed by atoms with Crippen molar-refractivity contribution in [2.45, 2.75) is 43.4 Å². The van der Waals surface area contributed by atoms with Crippen molar-refractivity contribution in [3.05, 3.63) is 45.4 Å². The third-order valence-corrected chi connectivity index (χ3v) is 10.3. The molecule has 2 aliphatic heterocycles. The molecule has 1 aromatic carbocycles. The van der Waals surface area contributed by atoms with Crippen molar-refractivity contribution in [2.24, 2.45) is 0 Å². The molecule has 42 heavy (non-hydrogen) atoms. The highest BCUT2D eigenvalue weighted by Crippen LogP contribution is 2.28. The number of benzene rings is 1. The number of nitrogens with one attached hydrogen (secondary N) is 5. The minimum atomic E-state index is -4.03. The second-order valence-electron chi connectivity index (χ2n) is 10.2. The van der Waals surface area contributed by atoms with E-state index < -0.39 is 22.2 Å². The van der Waals surface area contributed by atoms with Crippen molar-refractivity contribution in [2.75, 3.05) is 33.8 Å². The molecule has 224 valence electrons. The Labute approximate surface area is 246 Å². The molecule has 2 unspecified atom stereocenters. The van der Waals surface area contributed by atoms with Crippen molar-refractivity contribution in [3.63, 3.8) is 0 Å². The Bertz CT molecular complexity index is 1670. The predicted molar refractivity (Wildman–Crippen MR) is 155 cm³/mol. The number of hydrogen-bond acceptors (Lipinski definition) is 10. The third kappa shape index (κ3) is 5.88. The van der Waals surface area contributed by atoms with Crippen LogP contribution in [0.4, 0.5) is 4.79 Å². The van der Waals surface area contributed by atoms with Crippen LogP contribution in [-0.2, 0) is 32.5 Å². The van der Waals surface area contributed by atoms with E-state index in [0.717, 1.165) is 17.0 Å². The molecule has 16 heteroatoms. The maximum Gasteiger partial charge on any atom is 0.412 e. The van der Waals surface area contributed by atoms with E-state index in [-0.39, 0.29) is 54.8 Å². The number of amides is 3. The van der Waals surface area contributed by atoms with Crippen LogP contribution < -0.4 is 16.0 Å². The van der Waals surface area contributed by atoms with Crippen LogP contribution >= 0.6 is 11.3 Å². The molecule has 5 N–H and O–H groups in total. The van der Waals surface area contributed by atoms with E-state index in [4.69, 9.17) is 5.41 Å². The number of amidine groups is 1. The molecule has 0 saturated carbocycles. The first kappa shape index (κ1) is 29.6. The molecule has 3 amide bonds. The summed E-state index contributed by atoms with van der Waals surface area (Å²) in [6.07, 6.45) is -0.134. The quantitative estimate of drug-likeness (QED) is 0.200. The number of aromatic nitrogens is 2. The number of piperazine rings is 1. The highest BCUT2D eigenvalue weighted by molar-refractivity contribution is 7.89. The SMILES string of the molecule is CNC(=O)CC1CN(S(=O)(=O)c2cc3ccc(C(=N)NC(=O)OC)cc3[nH]2)CCN1C(=O)c1nc2c(s1)CNC(C)C2. The summed E-state index contributed by atoms with van der Waals surface area (Å²) < 4.78 is 33.2. The number of aromatic amines is 1. The zero-order valence-corrected chi connectivity index (χ0v) is 24.9. The Balaban J connectivity index is 1.37. The minimum absolute atomic E-state index is 0.0380. The highest BCUT2D eigenvalue weighted by Gasteiger charge is 2.39. The van der Waals surface area contributed by atoms with Gasteiger partial charge in [0.2, 0.25) is 5.91 Å². The van der Waals surface area contributed by atoms with Gasteiger partial charge < -0.3 is 25.3 Å². The fourth-order valence-electron chi connectivity index (χ4n) is 5.09. The van der Waals surface area contributed by atoms with Crippen LogP contribution in [0.3, 0.4) is 0 Å². The summed E-state index contributed by atoms with van der Waals surface area (Å²) in [6.45, 7) is 2.77. The van der Waals surface area contributed by atoms with E-state index in [1.807, 2.05) is 0 Å². The predicted octanol–water partition coefficient (Wildman–Crippen LogP) is 0.991. The van der Waals surface area contributed by atoms with Gasteiger partial charge in [-0.1, -0.05) is 12.1 Å². The monoisotopic (exact) mass is 616 g/mol. The lowest BCUT2D eigenvalue weighted by Gasteiger charge is -2.40. The highest BCUT2D eigenvalue weighted by atomic mass is 32.2. The fraction of sp³-hybridized carbons (Fsp3) is 0.423. The summed E-state index contributed by atoms with van der Waals surface area (Å²) in [5.74, 6) is -0.823. The Hall–Kier alpha value is -3.86. The smallest absolute Gasteiger partial charge is 0.412 e. The number of hydrogen-bond donors (Lipinski definition) is 5. The largest absolute Gasteiger partial charge is 0.453 e. The lowest BCUT2D eigenvalue weighted by atomic mass is 10.1. The standard InChI is InChI=1S/C26H32N8O6S2/c1-14-8-19-20(12-29-14)41-24(31-19)25(36)34-7-6-33(13-17(34)11-21(35)28-2)42(38,39)22-10-15-4-5-16(9-18(15)30-22)23(27)32-26(37)40-3/h4-5,9-10,14,17,29-30H,6-8,11-13H2,1-3H3,(H,28,35)(H2,27,32,37). The van der Waals surface area contributed by atoms with Gasteiger partial charge >= 0.3 is 6.09 Å². The number of sulfonamides is 1. The van der Waals surface area contributed by atoms with Gasteiger partial charge in [0, 0.05) is 73.5 Å². The van der Waals surface area contributed by atoms with Crippen molar-refractivity contribution >= 4 is 56.0 Å². The van der Waals surface area contributed by atoms with E-state index >= 15 is 0 Å². The summed E-state index contributed by atoms with van der Waals surface area (Å²) in [4.78, 5) is 47.5. The third-order valence-electron chi connectivity index (χ3n) is 7.39. The van der Waals surface area contributed by atoms with Gasteiger partial charge in [-0.15, -0.1) is 11.3 Å². The first-order valence-electron chi connectivity index (χ1n) is 13.3. The van der Waals surface area contributed by atoms with Gasteiger partial charge in [0.1, 0.15) is 10.9 Å². The number of H-pyrrole nitrogens is 1. The van der Waals surface area contributed by atoms with Gasteiger partial charge in [0.25, 0.3) is 15.9 Å². The van der Waals surface area contributed by atoms with Crippen LogP contribution in [0.25, 0.3) is 10.9 Å². The summed E-state index contributed by atoms with van der Waals surface area (Å²) in [5.41, 5.74) is 1.71. The zero-order chi connectivity index (χ0) is 30.2. The number of ether oxygens (including phenoxy) is 1. The average molecular weight is 617 g/mol. The number of rotatable bonds is 6. The lowest BCUT2D eigenvalue weighted by Crippen LogP contribution is -2.57. The summed E-state index contributed by atoms with van der Waals surface area (Å²) in [5, 5.41) is 17.1. The molecule has 0 spiro atoms. The van der Waals surface area contributed by atoms with Crippen LogP contribution in [-0.4, -0.2) is 97.2 Å². The second kappa shape index (κ2) is 11.8. The Morgan fingerprint density at radius 3 is 2.76 bits per heavy atom. The number of thiazole rings is 1. The fourth-order valence-corrected chi connectivity index (χ4v) is 7.57. The van der Waals surface area contributed by atoms with Gasteiger partial charge in [-0.05, 0) is 19.1 Å². The van der Waals surface area contributed by atoms with Crippen LogP contribution in [0.1, 0.15) is 39.3 Å². The minimum Gasteiger partial charge on any atom is -0.453 e. The number of methoxy groups -OCH3 is 1. The molecule has 2 aliphatic rings. The number of carbonyl (C=O) groups excluding carboxylic acids is 3. The molecule has 0 radical (unpaired) electrons. The normalized spacial score (nSPS) is 19.3. The zero-order valence-electron chi connectivity index (χ0n) is 23.3. The molecular formula is C26H32N8O6S2. The molecule has 4 heterocycles. The topological polar surface area (TPSA) is 190 Å². The summed E-state index contributed by atoms with van der Waals surface area (Å²) in [6, 6.07) is 5.84. The Kier molecular flexibility index (Phi) is 8.32. The molecule has 3 aromatic rings. The van der Waals surface area contributed by atoms with Crippen LogP contribution in [0, 0.1) is 5.41 Å². The number of carbonyl (C=O) groups is 3. The second-order valence-corrected chi connectivity index (χ2v) is 13.2. The van der Waals surface area contributed by atoms with Crippen LogP contribution in [0.2, 0.25) is 0 Å². The Morgan fingerprint density at radius 2 is 2.02 bits per heavy atom. The van der Waals surface area contributed by atoms with Crippen molar-refractivity contribution in [1.29, 1.82) is 5.41 Å². The van der Waals surface area contributed by atoms with Crippen LogP contribution in [0.5, 0.6) is 0 Å². The molecule has 5 rings (SSSR count). The van der Waals surface area contributed by atoms with E-state index in [9.17, 15) is 22.8 Å². The summed E-state index contributed by atoms with van der Waals surface area (Å²) in [7, 11) is -1.35. The molecular weight excluding hydrogens is 584 g/mol. The first-order valence-corrected chi connectivity index (χ1v) is 15.6. The van der Waals surface area contributed by atoms with Crippen LogP contribution in [0.15, 0.2) is 29.3 Å². The van der Waals surface area contributed by atoms with Crippen molar-refractivity contribution < 1.29 is 27.5 Å². The lowest BCUT2D eigenvalue weighted by molar-refractivity contribution is -0.121. The molecule has 0 aliphatic carbocycles. The molecule has 0 bridgehead atoms. The Morgan fingerprint density at radius 1 is 1.24 bits per heavy atom. The summed E-state index contributed by atoms with van der Waals surface area (Å²) >= 11 is 1.33. The molecule has 14 nitrogen and oxygen atoms in total. The van der Waals surface area contributed by atoms with Gasteiger partial charge in [0.05, 0.1) is 18.8 Å². The molecule has 1 fully saturated rings. The van der Waals surface area contributed by atoms with Gasteiger partial charge in [0.15, 0.2) is 5.01 Å². The van der Waals surface area contributed by atoms with Gasteiger partial charge in [-0.25, -0.2) is 18.2 Å². The number of fused-ring (bicyclic) bond motifs is 2. The van der Waals surface area contributed by atoms with E-state index in [2.05, 4.69) is 37.6 Å². The average Bonchev–Trinajstić information content (AvgIpc) is 3.60. The first-order chi connectivity index (χ1) is 20.0. The molecule has 2 atom stereocenters. The maximum atomic E-state index is 13.7.